The van der Waals surface area contributed by atoms with Gasteiger partial charge in [0.2, 0.25) is 11.7 Å². The molecule has 0 bridgehead atoms. The molecule has 1 aliphatic rings. The van der Waals surface area contributed by atoms with Crippen LogP contribution in [0.25, 0.3) is 0 Å². The fourth-order valence-electron chi connectivity index (χ4n) is 2.06. The molecule has 2 N–H and O–H groups in total. The third-order valence-electron chi connectivity index (χ3n) is 3.71. The lowest BCUT2D eigenvalue weighted by Gasteiger charge is -2.33. The summed E-state index contributed by atoms with van der Waals surface area (Å²) < 4.78 is 11.0. The van der Waals surface area contributed by atoms with Crippen LogP contribution in [0.1, 0.15) is 58.2 Å². The van der Waals surface area contributed by atoms with Crippen molar-refractivity contribution < 1.29 is 9.26 Å². The van der Waals surface area contributed by atoms with E-state index in [1.165, 1.54) is 0 Å². The van der Waals surface area contributed by atoms with E-state index < -0.39 is 11.1 Å². The maximum atomic E-state index is 6.16. The predicted molar refractivity (Wildman–Crippen MR) is 63.3 cm³/mol. The van der Waals surface area contributed by atoms with Gasteiger partial charge in [-0.2, -0.15) is 4.98 Å². The van der Waals surface area contributed by atoms with Gasteiger partial charge in [0, 0.05) is 6.61 Å². The fraction of sp³-hybridized carbons (Fsp3) is 0.833. The molecule has 0 spiro atoms. The summed E-state index contributed by atoms with van der Waals surface area (Å²) in [6.45, 7) is 6.62. The Balaban J connectivity index is 2.22. The number of rotatable bonds is 5. The molecule has 1 aliphatic carbocycles. The normalized spacial score (nSPS) is 21.9. The molecule has 1 aromatic heterocycles. The van der Waals surface area contributed by atoms with Crippen molar-refractivity contribution in [1.29, 1.82) is 0 Å². The molecule has 0 aliphatic heterocycles. The number of nitrogens with two attached hydrogens (primary N) is 1. The molecule has 0 aromatic carbocycles. The van der Waals surface area contributed by atoms with E-state index in [1.807, 2.05) is 20.8 Å². The highest BCUT2D eigenvalue weighted by Gasteiger charge is 2.41. The highest BCUT2D eigenvalue weighted by molar-refractivity contribution is 5.09. The number of aromatic nitrogens is 2. The minimum absolute atomic E-state index is 0.397. The number of hydrogen-bond donors (Lipinski definition) is 1. The highest BCUT2D eigenvalue weighted by Crippen LogP contribution is 2.38. The van der Waals surface area contributed by atoms with Gasteiger partial charge in [0.25, 0.3) is 0 Å². The van der Waals surface area contributed by atoms with Crippen molar-refractivity contribution in [3.05, 3.63) is 11.7 Å². The smallest absolute Gasteiger partial charge is 0.246 e. The first-order chi connectivity index (χ1) is 8.04. The van der Waals surface area contributed by atoms with E-state index in [4.69, 9.17) is 15.0 Å². The molecule has 1 fully saturated rings. The SMILES string of the molecule is CCOC(C)(CC)c1noc(C2(N)CCC2)n1. The molecule has 0 amide bonds. The second kappa shape index (κ2) is 4.38. The number of nitrogens with zero attached hydrogens (tertiary/aromatic N) is 2. The molecule has 5 nitrogen and oxygen atoms in total. The Bertz CT molecular complexity index is 387. The van der Waals surface area contributed by atoms with Gasteiger partial charge < -0.3 is 15.0 Å². The lowest BCUT2D eigenvalue weighted by Crippen LogP contribution is -2.43. The summed E-state index contributed by atoms with van der Waals surface area (Å²) in [6.07, 6.45) is 3.78. The lowest BCUT2D eigenvalue weighted by atomic mass is 9.77. The van der Waals surface area contributed by atoms with Gasteiger partial charge in [0.15, 0.2) is 0 Å². The van der Waals surface area contributed by atoms with Crippen LogP contribution in [-0.4, -0.2) is 16.7 Å². The van der Waals surface area contributed by atoms with E-state index in [0.29, 0.717) is 18.3 Å². The van der Waals surface area contributed by atoms with Gasteiger partial charge in [-0.05, 0) is 39.5 Å². The molecule has 1 heterocycles. The third-order valence-corrected chi connectivity index (χ3v) is 3.71. The van der Waals surface area contributed by atoms with Crippen molar-refractivity contribution in [2.45, 2.75) is 57.6 Å². The van der Waals surface area contributed by atoms with E-state index in [1.54, 1.807) is 0 Å². The lowest BCUT2D eigenvalue weighted by molar-refractivity contribution is -0.0403. The summed E-state index contributed by atoms with van der Waals surface area (Å²) in [4.78, 5) is 4.44. The van der Waals surface area contributed by atoms with Crippen LogP contribution in [0.2, 0.25) is 0 Å². The average molecular weight is 239 g/mol. The van der Waals surface area contributed by atoms with Crippen LogP contribution in [0.3, 0.4) is 0 Å². The summed E-state index contributed by atoms with van der Waals surface area (Å²) in [6, 6.07) is 0. The Kier molecular flexibility index (Phi) is 3.23. The zero-order chi connectivity index (χ0) is 12.5. The third kappa shape index (κ3) is 2.09. The molecule has 0 radical (unpaired) electrons. The summed E-state index contributed by atoms with van der Waals surface area (Å²) in [5, 5.41) is 4.03. The monoisotopic (exact) mass is 239 g/mol. The summed E-state index contributed by atoms with van der Waals surface area (Å²) in [7, 11) is 0. The summed E-state index contributed by atoms with van der Waals surface area (Å²) in [5.41, 5.74) is 5.29. The Morgan fingerprint density at radius 2 is 2.18 bits per heavy atom. The molecule has 1 saturated carbocycles. The van der Waals surface area contributed by atoms with Gasteiger partial charge >= 0.3 is 0 Å². The van der Waals surface area contributed by atoms with E-state index >= 15 is 0 Å². The second-order valence-electron chi connectivity index (χ2n) is 4.95. The van der Waals surface area contributed by atoms with Crippen molar-refractivity contribution in [1.82, 2.24) is 10.1 Å². The first-order valence-corrected chi connectivity index (χ1v) is 6.31. The zero-order valence-electron chi connectivity index (χ0n) is 10.8. The van der Waals surface area contributed by atoms with Crippen LogP contribution in [0, 0.1) is 0 Å². The minimum Gasteiger partial charge on any atom is -0.367 e. The summed E-state index contributed by atoms with van der Waals surface area (Å²) in [5.74, 6) is 1.16. The van der Waals surface area contributed by atoms with E-state index in [0.717, 1.165) is 25.7 Å². The van der Waals surface area contributed by atoms with Gasteiger partial charge in [0.1, 0.15) is 5.60 Å². The first-order valence-electron chi connectivity index (χ1n) is 6.31. The Morgan fingerprint density at radius 3 is 2.65 bits per heavy atom. The Labute approximate surface area is 102 Å². The second-order valence-corrected chi connectivity index (χ2v) is 4.95. The van der Waals surface area contributed by atoms with Gasteiger partial charge in [-0.3, -0.25) is 0 Å². The molecule has 17 heavy (non-hydrogen) atoms. The molecule has 1 unspecified atom stereocenters. The highest BCUT2D eigenvalue weighted by atomic mass is 16.5. The van der Waals surface area contributed by atoms with Crippen LogP contribution in [-0.2, 0) is 15.9 Å². The van der Waals surface area contributed by atoms with Crippen molar-refractivity contribution in [2.75, 3.05) is 6.61 Å². The van der Waals surface area contributed by atoms with Crippen LogP contribution in [0.15, 0.2) is 4.52 Å². The van der Waals surface area contributed by atoms with Gasteiger partial charge in [-0.1, -0.05) is 12.1 Å². The zero-order valence-corrected chi connectivity index (χ0v) is 10.8. The standard InChI is InChI=1S/C12H21N3O2/c1-4-11(3,16-5-2)9-14-10(17-15-9)12(13)7-6-8-12/h4-8,13H2,1-3H3. The topological polar surface area (TPSA) is 74.2 Å². The maximum absolute atomic E-state index is 6.16. The Morgan fingerprint density at radius 1 is 1.47 bits per heavy atom. The maximum Gasteiger partial charge on any atom is 0.246 e. The average Bonchev–Trinajstić information content (AvgIpc) is 2.76. The van der Waals surface area contributed by atoms with Gasteiger partial charge in [-0.15, -0.1) is 0 Å². The number of hydrogen-bond acceptors (Lipinski definition) is 5. The van der Waals surface area contributed by atoms with E-state index in [-0.39, 0.29) is 0 Å². The minimum atomic E-state index is -0.476. The quantitative estimate of drug-likeness (QED) is 0.851. The Hall–Kier alpha value is -0.940. The molecule has 5 heteroatoms. The molecule has 1 aromatic rings. The molecule has 96 valence electrons. The van der Waals surface area contributed by atoms with E-state index in [9.17, 15) is 0 Å². The van der Waals surface area contributed by atoms with Crippen molar-refractivity contribution >= 4 is 0 Å². The molecule has 2 rings (SSSR count). The molecular weight excluding hydrogens is 218 g/mol. The van der Waals surface area contributed by atoms with Crippen LogP contribution >= 0.6 is 0 Å². The molecular formula is C12H21N3O2. The van der Waals surface area contributed by atoms with Crippen molar-refractivity contribution in [3.63, 3.8) is 0 Å². The van der Waals surface area contributed by atoms with Crippen LogP contribution < -0.4 is 5.73 Å². The first kappa shape index (κ1) is 12.5. The van der Waals surface area contributed by atoms with Crippen LogP contribution in [0.5, 0.6) is 0 Å². The molecule has 1 atom stereocenters. The van der Waals surface area contributed by atoms with Crippen molar-refractivity contribution in [2.24, 2.45) is 5.73 Å². The van der Waals surface area contributed by atoms with Crippen molar-refractivity contribution in [3.8, 4) is 0 Å². The number of ether oxygens (including phenoxy) is 1. The fourth-order valence-corrected chi connectivity index (χ4v) is 2.06. The largest absolute Gasteiger partial charge is 0.367 e. The summed E-state index contributed by atoms with van der Waals surface area (Å²) >= 11 is 0. The predicted octanol–water partition coefficient (Wildman–Crippen LogP) is 2.07. The van der Waals surface area contributed by atoms with Crippen LogP contribution in [0.4, 0.5) is 0 Å². The molecule has 0 saturated heterocycles. The van der Waals surface area contributed by atoms with Gasteiger partial charge in [0.05, 0.1) is 5.54 Å². The van der Waals surface area contributed by atoms with E-state index in [2.05, 4.69) is 10.1 Å². The van der Waals surface area contributed by atoms with Gasteiger partial charge in [-0.25, -0.2) is 0 Å².